The minimum atomic E-state index is -0.957. The Morgan fingerprint density at radius 1 is 1.50 bits per heavy atom. The quantitative estimate of drug-likeness (QED) is 0.828. The zero-order chi connectivity index (χ0) is 13.1. The van der Waals surface area contributed by atoms with E-state index in [0.29, 0.717) is 13.0 Å². The second-order valence-electron chi connectivity index (χ2n) is 4.22. The Morgan fingerprint density at radius 2 is 2.28 bits per heavy atom. The number of carboxylic acids is 1. The van der Waals surface area contributed by atoms with E-state index in [-0.39, 0.29) is 11.5 Å². The molecule has 0 saturated carbocycles. The second-order valence-corrected chi connectivity index (χ2v) is 5.20. The number of nitrogens with zero attached hydrogens (tertiary/aromatic N) is 1. The summed E-state index contributed by atoms with van der Waals surface area (Å²) in [6, 6.07) is 4.90. The molecule has 1 aliphatic rings. The number of carbonyl (C=O) groups excluding carboxylic acids is 1. The van der Waals surface area contributed by atoms with Gasteiger partial charge in [0.1, 0.15) is 0 Å². The van der Waals surface area contributed by atoms with E-state index in [0.717, 1.165) is 23.4 Å². The third-order valence-electron chi connectivity index (χ3n) is 3.00. The van der Waals surface area contributed by atoms with E-state index in [4.69, 9.17) is 5.11 Å². The number of fused-ring (bicyclic) bond motifs is 1. The Bertz CT molecular complexity index is 487. The maximum absolute atomic E-state index is 11.9. The normalized spacial score (nSPS) is 13.8. The van der Waals surface area contributed by atoms with Crippen molar-refractivity contribution in [3.8, 4) is 0 Å². The van der Waals surface area contributed by atoms with Crippen LogP contribution in [-0.2, 0) is 11.2 Å². The number of carbonyl (C=O) groups is 2. The fraction of sp³-hybridized carbons (Fsp3) is 0.385. The highest BCUT2D eigenvalue weighted by atomic mass is 32.2. The minimum absolute atomic E-state index is 0.0636. The van der Waals surface area contributed by atoms with Crippen LogP contribution in [0, 0.1) is 0 Å². The zero-order valence-electron chi connectivity index (χ0n) is 10.2. The summed E-state index contributed by atoms with van der Waals surface area (Å²) in [4.78, 5) is 24.5. The summed E-state index contributed by atoms with van der Waals surface area (Å²) in [5.41, 5.74) is 1.92. The zero-order valence-corrected chi connectivity index (χ0v) is 11.0. The number of amides is 1. The Hall–Kier alpha value is -1.49. The van der Waals surface area contributed by atoms with Crippen LogP contribution in [-0.4, -0.2) is 35.5 Å². The molecule has 0 aliphatic carbocycles. The van der Waals surface area contributed by atoms with E-state index < -0.39 is 5.97 Å². The van der Waals surface area contributed by atoms with Gasteiger partial charge in [-0.05, 0) is 36.1 Å². The van der Waals surface area contributed by atoms with E-state index in [9.17, 15) is 9.59 Å². The number of thioether (sulfide) groups is 1. The molecule has 18 heavy (non-hydrogen) atoms. The van der Waals surface area contributed by atoms with E-state index in [1.807, 2.05) is 6.26 Å². The lowest BCUT2D eigenvalue weighted by atomic mass is 10.1. The number of carboxylic acid groups (broad SMARTS) is 1. The lowest BCUT2D eigenvalue weighted by Crippen LogP contribution is -2.28. The lowest BCUT2D eigenvalue weighted by molar-refractivity contribution is -0.117. The van der Waals surface area contributed by atoms with Crippen molar-refractivity contribution < 1.29 is 14.7 Å². The van der Waals surface area contributed by atoms with Crippen LogP contribution in [0.3, 0.4) is 0 Å². The molecule has 0 spiro atoms. The molecule has 1 amide bonds. The molecule has 0 bridgehead atoms. The molecule has 1 aromatic rings. The van der Waals surface area contributed by atoms with Crippen LogP contribution >= 0.6 is 11.8 Å². The minimum Gasteiger partial charge on any atom is -0.478 e. The Morgan fingerprint density at radius 3 is 2.94 bits per heavy atom. The molecule has 1 aliphatic heterocycles. The van der Waals surface area contributed by atoms with Crippen LogP contribution in [0.15, 0.2) is 18.2 Å². The van der Waals surface area contributed by atoms with Crippen molar-refractivity contribution in [2.45, 2.75) is 12.8 Å². The monoisotopic (exact) mass is 265 g/mol. The number of benzene rings is 1. The molecule has 4 nitrogen and oxygen atoms in total. The molecule has 96 valence electrons. The largest absolute Gasteiger partial charge is 0.478 e. The van der Waals surface area contributed by atoms with E-state index in [1.165, 1.54) is 0 Å². The van der Waals surface area contributed by atoms with Crippen molar-refractivity contribution in [1.82, 2.24) is 0 Å². The molecule has 1 aromatic carbocycles. The number of hydrogen-bond donors (Lipinski definition) is 1. The van der Waals surface area contributed by atoms with Gasteiger partial charge >= 0.3 is 5.97 Å². The fourth-order valence-electron chi connectivity index (χ4n) is 2.10. The number of anilines is 1. The highest BCUT2D eigenvalue weighted by Crippen LogP contribution is 2.30. The number of hydrogen-bond acceptors (Lipinski definition) is 3. The third-order valence-corrected chi connectivity index (χ3v) is 3.69. The molecular formula is C13H15NO3S. The van der Waals surface area contributed by atoms with Crippen molar-refractivity contribution in [2.24, 2.45) is 0 Å². The van der Waals surface area contributed by atoms with Crippen molar-refractivity contribution in [1.29, 1.82) is 0 Å². The molecule has 0 aromatic heterocycles. The maximum Gasteiger partial charge on any atom is 0.335 e. The third kappa shape index (κ3) is 2.51. The number of aromatic carboxylic acids is 1. The van der Waals surface area contributed by atoms with Gasteiger partial charge in [0.25, 0.3) is 0 Å². The molecule has 0 fully saturated rings. The molecule has 0 unspecified atom stereocenters. The first-order valence-corrected chi connectivity index (χ1v) is 7.18. The fourth-order valence-corrected chi connectivity index (χ4v) is 2.52. The van der Waals surface area contributed by atoms with Gasteiger partial charge in [-0.1, -0.05) is 6.07 Å². The van der Waals surface area contributed by atoms with Gasteiger partial charge in [-0.25, -0.2) is 4.79 Å². The summed E-state index contributed by atoms with van der Waals surface area (Å²) >= 11 is 1.74. The van der Waals surface area contributed by atoms with E-state index in [2.05, 4.69) is 0 Å². The first kappa shape index (κ1) is 13.0. The van der Waals surface area contributed by atoms with Crippen LogP contribution < -0.4 is 4.90 Å². The molecule has 2 rings (SSSR count). The second kappa shape index (κ2) is 5.44. The first-order valence-electron chi connectivity index (χ1n) is 5.79. The first-order chi connectivity index (χ1) is 8.63. The van der Waals surface area contributed by atoms with Gasteiger partial charge in [0.2, 0.25) is 5.91 Å². The van der Waals surface area contributed by atoms with E-state index >= 15 is 0 Å². The van der Waals surface area contributed by atoms with Crippen molar-refractivity contribution in [2.75, 3.05) is 23.5 Å². The van der Waals surface area contributed by atoms with Gasteiger partial charge in [-0.15, -0.1) is 0 Å². The summed E-state index contributed by atoms with van der Waals surface area (Å²) in [5.74, 6) is 0.104. The topological polar surface area (TPSA) is 57.6 Å². The van der Waals surface area contributed by atoms with Crippen LogP contribution in [0.2, 0.25) is 0 Å². The van der Waals surface area contributed by atoms with Crippen LogP contribution in [0.4, 0.5) is 5.69 Å². The molecule has 0 radical (unpaired) electrons. The van der Waals surface area contributed by atoms with Crippen LogP contribution in [0.1, 0.15) is 22.3 Å². The summed E-state index contributed by atoms with van der Waals surface area (Å²) in [5, 5.41) is 8.98. The molecular weight excluding hydrogens is 250 g/mol. The SMILES string of the molecule is CSCCCN1C(=O)Cc2ccc(C(=O)O)cc21. The average molecular weight is 265 g/mol. The van der Waals surface area contributed by atoms with E-state index in [1.54, 1.807) is 34.9 Å². The predicted octanol–water partition coefficient (Wildman–Crippen LogP) is 2.03. The van der Waals surface area contributed by atoms with Crippen molar-refractivity contribution in [3.63, 3.8) is 0 Å². The van der Waals surface area contributed by atoms with Crippen molar-refractivity contribution in [3.05, 3.63) is 29.3 Å². The summed E-state index contributed by atoms with van der Waals surface area (Å²) in [6.07, 6.45) is 3.33. The molecule has 5 heteroatoms. The Balaban J connectivity index is 2.22. The molecule has 0 saturated heterocycles. The highest BCUT2D eigenvalue weighted by molar-refractivity contribution is 7.98. The summed E-state index contributed by atoms with van der Waals surface area (Å²) in [7, 11) is 0. The molecule has 0 atom stereocenters. The molecule has 1 N–H and O–H groups in total. The summed E-state index contributed by atoms with van der Waals surface area (Å²) < 4.78 is 0. The maximum atomic E-state index is 11.9. The highest BCUT2D eigenvalue weighted by Gasteiger charge is 2.27. The average Bonchev–Trinajstić information content (AvgIpc) is 2.65. The predicted molar refractivity (Wildman–Crippen MR) is 72.5 cm³/mol. The van der Waals surface area contributed by atoms with Gasteiger partial charge in [0.05, 0.1) is 12.0 Å². The summed E-state index contributed by atoms with van der Waals surface area (Å²) in [6.45, 7) is 0.662. The van der Waals surface area contributed by atoms with Crippen LogP contribution in [0.25, 0.3) is 0 Å². The Labute approximate surface area is 110 Å². The lowest BCUT2D eigenvalue weighted by Gasteiger charge is -2.17. The van der Waals surface area contributed by atoms with Gasteiger partial charge < -0.3 is 10.0 Å². The molecule has 1 heterocycles. The smallest absolute Gasteiger partial charge is 0.335 e. The van der Waals surface area contributed by atoms with Gasteiger partial charge in [0, 0.05) is 12.2 Å². The van der Waals surface area contributed by atoms with Crippen LogP contribution in [0.5, 0.6) is 0 Å². The van der Waals surface area contributed by atoms with Gasteiger partial charge in [-0.2, -0.15) is 11.8 Å². The van der Waals surface area contributed by atoms with Gasteiger partial charge in [-0.3, -0.25) is 4.79 Å². The number of rotatable bonds is 5. The van der Waals surface area contributed by atoms with Gasteiger partial charge in [0.15, 0.2) is 0 Å². The standard InChI is InChI=1S/C13H15NO3S/c1-18-6-2-5-14-11-7-10(13(16)17)4-3-9(11)8-12(14)15/h3-4,7H,2,5-6,8H2,1H3,(H,16,17). The van der Waals surface area contributed by atoms with Crippen molar-refractivity contribution >= 4 is 29.3 Å². The Kier molecular flexibility index (Phi) is 3.91.